The van der Waals surface area contributed by atoms with E-state index < -0.39 is 6.03 Å². The fourth-order valence-electron chi connectivity index (χ4n) is 2.39. The molecular formula is C14H20N4O2S. The molecule has 0 unspecified atom stereocenters. The van der Waals surface area contributed by atoms with Gasteiger partial charge in [-0.2, -0.15) is 0 Å². The Morgan fingerprint density at radius 1 is 1.29 bits per heavy atom. The van der Waals surface area contributed by atoms with E-state index in [9.17, 15) is 9.59 Å². The van der Waals surface area contributed by atoms with Crippen molar-refractivity contribution in [2.24, 2.45) is 5.92 Å². The molecule has 3 amide bonds. The van der Waals surface area contributed by atoms with Crippen LogP contribution in [0.4, 0.5) is 4.79 Å². The van der Waals surface area contributed by atoms with Crippen molar-refractivity contribution in [3.8, 4) is 0 Å². The van der Waals surface area contributed by atoms with Gasteiger partial charge in [0.2, 0.25) is 5.91 Å². The van der Waals surface area contributed by atoms with E-state index >= 15 is 0 Å². The number of carbonyl (C=O) groups excluding carboxylic acids is 2. The predicted octanol–water partition coefficient (Wildman–Crippen LogP) is 1.97. The van der Waals surface area contributed by atoms with Gasteiger partial charge in [0.15, 0.2) is 5.16 Å². The monoisotopic (exact) mass is 308 g/mol. The summed E-state index contributed by atoms with van der Waals surface area (Å²) in [5.74, 6) is 0.248. The molecule has 0 bridgehead atoms. The first kappa shape index (κ1) is 15.8. The summed E-state index contributed by atoms with van der Waals surface area (Å²) in [4.78, 5) is 31.5. The average molecular weight is 308 g/mol. The van der Waals surface area contributed by atoms with Crippen LogP contribution in [0.5, 0.6) is 0 Å². The number of amides is 3. The number of imide groups is 1. The third-order valence-corrected chi connectivity index (χ3v) is 4.43. The van der Waals surface area contributed by atoms with Crippen molar-refractivity contribution < 1.29 is 9.59 Å². The Balaban J connectivity index is 1.70. The Hall–Kier alpha value is -1.63. The zero-order valence-electron chi connectivity index (χ0n) is 12.0. The first-order valence-corrected chi connectivity index (χ1v) is 8.14. The predicted molar refractivity (Wildman–Crippen MR) is 80.9 cm³/mol. The standard InChI is InChI=1S/C14H20N4O2S/c1-10-5-2-3-6-11(10)17-13(20)18-12(19)9-21-14-15-7-4-8-16-14/h4,7-8,10-11H,2-3,5-6,9H2,1H3,(H2,17,18,19,20)/t10-,11-/m1/s1. The van der Waals surface area contributed by atoms with Crippen molar-refractivity contribution in [2.45, 2.75) is 43.8 Å². The van der Waals surface area contributed by atoms with Crippen LogP contribution in [-0.2, 0) is 4.79 Å². The smallest absolute Gasteiger partial charge is 0.321 e. The van der Waals surface area contributed by atoms with E-state index in [1.807, 2.05) is 0 Å². The quantitative estimate of drug-likeness (QED) is 0.656. The summed E-state index contributed by atoms with van der Waals surface area (Å²) in [5.41, 5.74) is 0. The first-order valence-electron chi connectivity index (χ1n) is 7.15. The lowest BCUT2D eigenvalue weighted by Gasteiger charge is -2.29. The molecule has 2 atom stereocenters. The second-order valence-corrected chi connectivity index (χ2v) is 6.15. The highest BCUT2D eigenvalue weighted by Gasteiger charge is 2.23. The van der Waals surface area contributed by atoms with E-state index in [2.05, 4.69) is 27.5 Å². The van der Waals surface area contributed by atoms with Gasteiger partial charge in [0.05, 0.1) is 5.75 Å². The molecule has 0 aromatic carbocycles. The summed E-state index contributed by atoms with van der Waals surface area (Å²) < 4.78 is 0. The minimum atomic E-state index is -0.409. The normalized spacial score (nSPS) is 21.6. The molecular weight excluding hydrogens is 288 g/mol. The van der Waals surface area contributed by atoms with E-state index in [-0.39, 0.29) is 17.7 Å². The number of hydrogen-bond acceptors (Lipinski definition) is 5. The molecule has 7 heteroatoms. The zero-order valence-corrected chi connectivity index (χ0v) is 12.9. The number of nitrogens with zero attached hydrogens (tertiary/aromatic N) is 2. The molecule has 1 saturated carbocycles. The number of urea groups is 1. The summed E-state index contributed by atoms with van der Waals surface area (Å²) in [5, 5.41) is 5.76. The molecule has 6 nitrogen and oxygen atoms in total. The number of nitrogens with one attached hydrogen (secondary N) is 2. The van der Waals surface area contributed by atoms with Crippen molar-refractivity contribution in [3.63, 3.8) is 0 Å². The van der Waals surface area contributed by atoms with Gasteiger partial charge in [0.25, 0.3) is 0 Å². The molecule has 1 aliphatic rings. The molecule has 0 radical (unpaired) electrons. The molecule has 0 saturated heterocycles. The molecule has 0 aliphatic heterocycles. The lowest BCUT2D eigenvalue weighted by Crippen LogP contribution is -2.48. The van der Waals surface area contributed by atoms with Crippen molar-refractivity contribution in [1.82, 2.24) is 20.6 Å². The minimum Gasteiger partial charge on any atom is -0.335 e. The Labute approximate surface area is 128 Å². The van der Waals surface area contributed by atoms with Gasteiger partial charge >= 0.3 is 6.03 Å². The van der Waals surface area contributed by atoms with Gasteiger partial charge in [-0.25, -0.2) is 14.8 Å². The van der Waals surface area contributed by atoms with Gasteiger partial charge in [0, 0.05) is 18.4 Å². The highest BCUT2D eigenvalue weighted by atomic mass is 32.2. The number of hydrogen-bond donors (Lipinski definition) is 2. The number of aromatic nitrogens is 2. The van der Waals surface area contributed by atoms with Crippen molar-refractivity contribution >= 4 is 23.7 Å². The zero-order chi connectivity index (χ0) is 15.1. The van der Waals surface area contributed by atoms with Gasteiger partial charge in [-0.15, -0.1) is 0 Å². The average Bonchev–Trinajstić information content (AvgIpc) is 2.48. The molecule has 1 aromatic rings. The van der Waals surface area contributed by atoms with Crippen LogP contribution in [0.1, 0.15) is 32.6 Å². The lowest BCUT2D eigenvalue weighted by molar-refractivity contribution is -0.117. The van der Waals surface area contributed by atoms with Gasteiger partial charge in [-0.3, -0.25) is 10.1 Å². The van der Waals surface area contributed by atoms with Gasteiger partial charge in [-0.05, 0) is 24.8 Å². The van der Waals surface area contributed by atoms with E-state index in [1.165, 1.54) is 18.2 Å². The third kappa shape index (κ3) is 5.34. The van der Waals surface area contributed by atoms with E-state index in [4.69, 9.17) is 0 Å². The summed E-state index contributed by atoms with van der Waals surface area (Å²) in [7, 11) is 0. The molecule has 2 rings (SSSR count). The molecule has 1 heterocycles. The second-order valence-electron chi connectivity index (χ2n) is 5.21. The van der Waals surface area contributed by atoms with E-state index in [1.54, 1.807) is 18.5 Å². The fourth-order valence-corrected chi connectivity index (χ4v) is 2.99. The van der Waals surface area contributed by atoms with Crippen molar-refractivity contribution in [3.05, 3.63) is 18.5 Å². The maximum absolute atomic E-state index is 11.8. The molecule has 1 aromatic heterocycles. The Bertz CT molecular complexity index is 483. The van der Waals surface area contributed by atoms with Crippen LogP contribution < -0.4 is 10.6 Å². The molecule has 21 heavy (non-hydrogen) atoms. The number of rotatable bonds is 4. The fraction of sp³-hybridized carbons (Fsp3) is 0.571. The third-order valence-electron chi connectivity index (χ3n) is 3.56. The maximum Gasteiger partial charge on any atom is 0.321 e. The van der Waals surface area contributed by atoms with Gasteiger partial charge in [0.1, 0.15) is 0 Å². The summed E-state index contributed by atoms with van der Waals surface area (Å²) in [6, 6.07) is 1.47. The van der Waals surface area contributed by atoms with Crippen LogP contribution in [0, 0.1) is 5.92 Å². The molecule has 114 valence electrons. The highest BCUT2D eigenvalue weighted by molar-refractivity contribution is 7.99. The molecule has 1 aliphatic carbocycles. The van der Waals surface area contributed by atoms with Crippen molar-refractivity contribution in [1.29, 1.82) is 0 Å². The largest absolute Gasteiger partial charge is 0.335 e. The van der Waals surface area contributed by atoms with E-state index in [0.29, 0.717) is 11.1 Å². The topological polar surface area (TPSA) is 84.0 Å². The number of carbonyl (C=O) groups is 2. The molecule has 0 spiro atoms. The van der Waals surface area contributed by atoms with Crippen LogP contribution in [0.3, 0.4) is 0 Å². The van der Waals surface area contributed by atoms with Gasteiger partial charge < -0.3 is 5.32 Å². The Morgan fingerprint density at radius 3 is 2.71 bits per heavy atom. The van der Waals surface area contributed by atoms with Crippen LogP contribution in [0.25, 0.3) is 0 Å². The number of thioether (sulfide) groups is 1. The van der Waals surface area contributed by atoms with Crippen LogP contribution in [-0.4, -0.2) is 33.7 Å². The maximum atomic E-state index is 11.8. The van der Waals surface area contributed by atoms with Gasteiger partial charge in [-0.1, -0.05) is 31.5 Å². The molecule has 2 N–H and O–H groups in total. The van der Waals surface area contributed by atoms with Crippen LogP contribution in [0.2, 0.25) is 0 Å². The summed E-state index contributed by atoms with van der Waals surface area (Å²) >= 11 is 1.20. The highest BCUT2D eigenvalue weighted by Crippen LogP contribution is 2.23. The Morgan fingerprint density at radius 2 is 2.00 bits per heavy atom. The summed E-state index contributed by atoms with van der Waals surface area (Å²) in [6.45, 7) is 2.13. The molecule has 1 fully saturated rings. The first-order chi connectivity index (χ1) is 10.1. The van der Waals surface area contributed by atoms with Crippen LogP contribution in [0.15, 0.2) is 23.6 Å². The van der Waals surface area contributed by atoms with Crippen molar-refractivity contribution in [2.75, 3.05) is 5.75 Å². The minimum absolute atomic E-state index is 0.123. The SMILES string of the molecule is C[C@@H]1CCCC[C@H]1NC(=O)NC(=O)CSc1ncccn1. The second kappa shape index (κ2) is 7.97. The Kier molecular flexibility index (Phi) is 5.98. The van der Waals surface area contributed by atoms with Crippen LogP contribution >= 0.6 is 11.8 Å². The lowest BCUT2D eigenvalue weighted by atomic mass is 9.86. The van der Waals surface area contributed by atoms with E-state index in [0.717, 1.165) is 19.3 Å². The summed E-state index contributed by atoms with van der Waals surface area (Å²) in [6.07, 6.45) is 7.68.